The Labute approximate surface area is 101 Å². The Bertz CT molecular complexity index is 534. The van der Waals surface area contributed by atoms with Gasteiger partial charge >= 0.3 is 5.97 Å². The number of carboxylic acids is 1. The monoisotopic (exact) mass is 278 g/mol. The van der Waals surface area contributed by atoms with Crippen LogP contribution in [0.2, 0.25) is 0 Å². The van der Waals surface area contributed by atoms with E-state index in [2.05, 4.69) is 10.3 Å². The molecule has 9 heteroatoms. The fourth-order valence-corrected chi connectivity index (χ4v) is 2.24. The van der Waals surface area contributed by atoms with Gasteiger partial charge in [-0.2, -0.15) is 0 Å². The Morgan fingerprint density at radius 1 is 1.53 bits per heavy atom. The lowest BCUT2D eigenvalue weighted by atomic mass is 10.5. The molecule has 0 radical (unpaired) electrons. The van der Waals surface area contributed by atoms with E-state index in [1.54, 1.807) is 0 Å². The number of aromatic nitrogens is 1. The van der Waals surface area contributed by atoms with Crippen LogP contribution in [0.25, 0.3) is 0 Å². The summed E-state index contributed by atoms with van der Waals surface area (Å²) in [6.45, 7) is 0.0201. The predicted molar refractivity (Wildman–Crippen MR) is 60.6 cm³/mol. The number of carbonyl (C=O) groups excluding carboxylic acids is 1. The number of thiazole rings is 1. The van der Waals surface area contributed by atoms with E-state index in [1.165, 1.54) is 5.38 Å². The number of nitrogens with one attached hydrogen (secondary N) is 1. The summed E-state index contributed by atoms with van der Waals surface area (Å²) in [5.41, 5.74) is -0.0950. The highest BCUT2D eigenvalue weighted by atomic mass is 32.2. The molecule has 1 rings (SSSR count). The van der Waals surface area contributed by atoms with Gasteiger partial charge in [-0.05, 0) is 0 Å². The van der Waals surface area contributed by atoms with Crippen molar-refractivity contribution in [3.63, 3.8) is 0 Å². The van der Waals surface area contributed by atoms with Crippen molar-refractivity contribution in [1.82, 2.24) is 10.3 Å². The molecule has 0 aliphatic rings. The van der Waals surface area contributed by atoms with Crippen molar-refractivity contribution < 1.29 is 23.1 Å². The van der Waals surface area contributed by atoms with Gasteiger partial charge in [0.25, 0.3) is 0 Å². The number of nitrogens with zero attached hydrogens (tertiary/aromatic N) is 1. The molecule has 1 aromatic heterocycles. The highest BCUT2D eigenvalue weighted by Crippen LogP contribution is 2.09. The maximum Gasteiger partial charge on any atom is 0.355 e. The van der Waals surface area contributed by atoms with E-state index in [0.29, 0.717) is 5.01 Å². The molecule has 0 saturated carbocycles. The lowest BCUT2D eigenvalue weighted by molar-refractivity contribution is -0.118. The minimum atomic E-state index is -3.36. The van der Waals surface area contributed by atoms with Crippen LogP contribution in [-0.4, -0.2) is 42.4 Å². The van der Waals surface area contributed by atoms with Gasteiger partial charge in [0.15, 0.2) is 15.5 Å². The van der Waals surface area contributed by atoms with Crippen molar-refractivity contribution in [3.05, 3.63) is 16.1 Å². The maximum absolute atomic E-state index is 11.1. The average Bonchev–Trinajstić information content (AvgIpc) is 2.60. The molecule has 0 atom stereocenters. The molecule has 0 aliphatic heterocycles. The summed E-state index contributed by atoms with van der Waals surface area (Å²) in [6, 6.07) is 0. The summed E-state index contributed by atoms with van der Waals surface area (Å²) in [5.74, 6) is -2.38. The van der Waals surface area contributed by atoms with E-state index >= 15 is 0 Å². The first-order chi connectivity index (χ1) is 7.78. The van der Waals surface area contributed by atoms with E-state index in [-0.39, 0.29) is 12.2 Å². The van der Waals surface area contributed by atoms with Crippen LogP contribution < -0.4 is 5.32 Å². The van der Waals surface area contributed by atoms with Gasteiger partial charge in [-0.15, -0.1) is 11.3 Å². The largest absolute Gasteiger partial charge is 0.476 e. The molecule has 0 fully saturated rings. The molecule has 7 nitrogen and oxygen atoms in total. The number of amides is 1. The molecule has 94 valence electrons. The summed E-state index contributed by atoms with van der Waals surface area (Å²) in [5, 5.41) is 12.7. The van der Waals surface area contributed by atoms with Crippen LogP contribution in [0.1, 0.15) is 15.5 Å². The summed E-state index contributed by atoms with van der Waals surface area (Å²) in [6.07, 6.45) is 0.957. The fraction of sp³-hybridized carbons (Fsp3) is 0.375. The third-order valence-electron chi connectivity index (χ3n) is 1.60. The molecule has 0 bridgehead atoms. The number of rotatable bonds is 5. The average molecular weight is 278 g/mol. The second-order valence-electron chi connectivity index (χ2n) is 3.28. The Balaban J connectivity index is 2.50. The van der Waals surface area contributed by atoms with Crippen LogP contribution in [0.5, 0.6) is 0 Å². The van der Waals surface area contributed by atoms with Gasteiger partial charge in [0.2, 0.25) is 5.91 Å². The first kappa shape index (κ1) is 13.6. The van der Waals surface area contributed by atoms with Crippen LogP contribution in [0.4, 0.5) is 0 Å². The van der Waals surface area contributed by atoms with Gasteiger partial charge in [-0.3, -0.25) is 4.79 Å². The van der Waals surface area contributed by atoms with Gasteiger partial charge in [-0.25, -0.2) is 18.2 Å². The zero-order valence-corrected chi connectivity index (χ0v) is 10.5. The van der Waals surface area contributed by atoms with Crippen molar-refractivity contribution in [3.8, 4) is 0 Å². The third kappa shape index (κ3) is 4.91. The molecule has 0 unspecified atom stereocenters. The summed E-state index contributed by atoms with van der Waals surface area (Å²) in [4.78, 5) is 25.4. The second kappa shape index (κ2) is 5.23. The highest BCUT2D eigenvalue weighted by Gasteiger charge is 2.12. The normalized spacial score (nSPS) is 11.1. The molecule has 0 aromatic carbocycles. The first-order valence-electron chi connectivity index (χ1n) is 4.40. The van der Waals surface area contributed by atoms with Crippen molar-refractivity contribution in [2.24, 2.45) is 0 Å². The SMILES string of the molecule is CS(=O)(=O)CC(=O)NCc1nc(C(=O)O)cs1. The van der Waals surface area contributed by atoms with E-state index < -0.39 is 27.5 Å². The Kier molecular flexibility index (Phi) is 4.18. The number of hydrogen-bond acceptors (Lipinski definition) is 6. The number of aromatic carboxylic acids is 1. The quantitative estimate of drug-likeness (QED) is 0.750. The molecule has 0 saturated heterocycles. The number of hydrogen-bond donors (Lipinski definition) is 2. The predicted octanol–water partition coefficient (Wildman–Crippen LogP) is -0.498. The Hall–Kier alpha value is -1.48. The van der Waals surface area contributed by atoms with Crippen molar-refractivity contribution in [1.29, 1.82) is 0 Å². The minimum absolute atomic E-state index is 0.0201. The molecule has 17 heavy (non-hydrogen) atoms. The fourth-order valence-electron chi connectivity index (χ4n) is 0.954. The summed E-state index contributed by atoms with van der Waals surface area (Å²) in [7, 11) is -3.36. The van der Waals surface area contributed by atoms with Gasteiger partial charge in [-0.1, -0.05) is 0 Å². The van der Waals surface area contributed by atoms with E-state index in [1.807, 2.05) is 0 Å². The van der Waals surface area contributed by atoms with Crippen molar-refractivity contribution in [2.45, 2.75) is 6.54 Å². The van der Waals surface area contributed by atoms with E-state index in [4.69, 9.17) is 5.11 Å². The van der Waals surface area contributed by atoms with Gasteiger partial charge < -0.3 is 10.4 Å². The van der Waals surface area contributed by atoms with Gasteiger partial charge in [0.05, 0.1) is 6.54 Å². The zero-order valence-electron chi connectivity index (χ0n) is 8.84. The van der Waals surface area contributed by atoms with Crippen molar-refractivity contribution in [2.75, 3.05) is 12.0 Å². The Morgan fingerprint density at radius 3 is 2.65 bits per heavy atom. The topological polar surface area (TPSA) is 113 Å². The van der Waals surface area contributed by atoms with Crippen molar-refractivity contribution >= 4 is 33.1 Å². The third-order valence-corrected chi connectivity index (χ3v) is 3.24. The highest BCUT2D eigenvalue weighted by molar-refractivity contribution is 7.91. The number of carboxylic acid groups (broad SMARTS) is 1. The molecular weight excluding hydrogens is 268 g/mol. The van der Waals surface area contributed by atoms with Crippen LogP contribution >= 0.6 is 11.3 Å². The van der Waals surface area contributed by atoms with Crippen LogP contribution in [0.3, 0.4) is 0 Å². The summed E-state index contributed by atoms with van der Waals surface area (Å²) >= 11 is 1.08. The van der Waals surface area contributed by atoms with Crippen LogP contribution in [-0.2, 0) is 21.2 Å². The molecule has 0 aliphatic carbocycles. The second-order valence-corrected chi connectivity index (χ2v) is 6.36. The van der Waals surface area contributed by atoms with Gasteiger partial charge in [0.1, 0.15) is 10.8 Å². The molecular formula is C8H10N2O5S2. The molecule has 1 amide bonds. The zero-order chi connectivity index (χ0) is 13.1. The summed E-state index contributed by atoms with van der Waals surface area (Å²) < 4.78 is 21.6. The lowest BCUT2D eigenvalue weighted by Crippen LogP contribution is -2.29. The minimum Gasteiger partial charge on any atom is -0.476 e. The van der Waals surface area contributed by atoms with Gasteiger partial charge in [0, 0.05) is 11.6 Å². The standard InChI is InChI=1S/C8H10N2O5S2/c1-17(14,15)4-6(11)9-2-7-10-5(3-16-7)8(12)13/h3H,2,4H2,1H3,(H,9,11)(H,12,13). The molecule has 1 aromatic rings. The first-order valence-corrected chi connectivity index (χ1v) is 7.34. The maximum atomic E-state index is 11.1. The smallest absolute Gasteiger partial charge is 0.355 e. The Morgan fingerprint density at radius 2 is 2.18 bits per heavy atom. The van der Waals surface area contributed by atoms with Crippen LogP contribution in [0.15, 0.2) is 5.38 Å². The molecule has 0 spiro atoms. The van der Waals surface area contributed by atoms with Crippen LogP contribution in [0, 0.1) is 0 Å². The number of carbonyl (C=O) groups is 2. The molecule has 2 N–H and O–H groups in total. The van der Waals surface area contributed by atoms with E-state index in [9.17, 15) is 18.0 Å². The number of sulfone groups is 1. The molecule has 1 heterocycles. The lowest BCUT2D eigenvalue weighted by Gasteiger charge is -2.00. The van der Waals surface area contributed by atoms with E-state index in [0.717, 1.165) is 17.6 Å².